The molecule has 0 saturated heterocycles. The number of ether oxygens (including phenoxy) is 1. The second-order valence-corrected chi connectivity index (χ2v) is 7.14. The summed E-state index contributed by atoms with van der Waals surface area (Å²) in [5, 5.41) is 9.34. The number of sulfonamides is 1. The second kappa shape index (κ2) is 6.92. The van der Waals surface area contributed by atoms with Crippen molar-refractivity contribution >= 4 is 21.7 Å². The van der Waals surface area contributed by atoms with Gasteiger partial charge in [0.1, 0.15) is 11.8 Å². The van der Waals surface area contributed by atoms with Gasteiger partial charge in [-0.05, 0) is 50.2 Å². The predicted molar refractivity (Wildman–Crippen MR) is 90.9 cm³/mol. The van der Waals surface area contributed by atoms with Crippen LogP contribution in [-0.4, -0.2) is 32.6 Å². The van der Waals surface area contributed by atoms with Crippen LogP contribution in [0.2, 0.25) is 0 Å². The van der Waals surface area contributed by atoms with Gasteiger partial charge in [0.25, 0.3) is 10.0 Å². The van der Waals surface area contributed by atoms with E-state index < -0.39 is 22.0 Å². The number of rotatable bonds is 6. The summed E-state index contributed by atoms with van der Waals surface area (Å²) in [4.78, 5) is 11.5. The van der Waals surface area contributed by atoms with Crippen LogP contribution in [0.4, 0.5) is 5.69 Å². The standard InChI is InChI=1S/C17H19NO5S/c1-12-4-10-16(11-5-12)24(21,22)18(13(2)17(19)20)14-6-8-15(23-3)9-7-14/h4-11,13H,1-3H3,(H,19,20). The SMILES string of the molecule is COc1ccc(N(C(C)C(=O)O)S(=O)(=O)c2ccc(C)cc2)cc1. The lowest BCUT2D eigenvalue weighted by molar-refractivity contribution is -0.137. The van der Waals surface area contributed by atoms with E-state index in [0.717, 1.165) is 9.87 Å². The molecular weight excluding hydrogens is 330 g/mol. The molecule has 0 heterocycles. The van der Waals surface area contributed by atoms with Gasteiger partial charge in [-0.15, -0.1) is 0 Å². The maximum absolute atomic E-state index is 13.0. The molecule has 0 radical (unpaired) electrons. The van der Waals surface area contributed by atoms with E-state index in [0.29, 0.717) is 5.75 Å². The first kappa shape index (κ1) is 17.8. The van der Waals surface area contributed by atoms with Crippen molar-refractivity contribution in [3.63, 3.8) is 0 Å². The fourth-order valence-corrected chi connectivity index (χ4v) is 3.84. The number of hydrogen-bond acceptors (Lipinski definition) is 4. The fourth-order valence-electron chi connectivity index (χ4n) is 2.22. The van der Waals surface area contributed by atoms with Crippen LogP contribution < -0.4 is 9.04 Å². The minimum atomic E-state index is -4.02. The summed E-state index contributed by atoms with van der Waals surface area (Å²) in [6, 6.07) is 11.2. The molecule has 0 amide bonds. The lowest BCUT2D eigenvalue weighted by Crippen LogP contribution is -2.43. The van der Waals surface area contributed by atoms with E-state index >= 15 is 0 Å². The number of carboxylic acid groups (broad SMARTS) is 1. The number of benzene rings is 2. The molecule has 1 atom stereocenters. The Bertz CT molecular complexity index is 813. The molecule has 7 heteroatoms. The molecule has 2 aromatic rings. The Kier molecular flexibility index (Phi) is 5.14. The van der Waals surface area contributed by atoms with Crippen molar-refractivity contribution in [1.29, 1.82) is 0 Å². The quantitative estimate of drug-likeness (QED) is 0.867. The lowest BCUT2D eigenvalue weighted by atomic mass is 10.2. The Morgan fingerprint density at radius 2 is 1.62 bits per heavy atom. The highest BCUT2D eigenvalue weighted by molar-refractivity contribution is 7.92. The largest absolute Gasteiger partial charge is 0.497 e. The van der Waals surface area contributed by atoms with Crippen LogP contribution in [0.1, 0.15) is 12.5 Å². The van der Waals surface area contributed by atoms with Gasteiger partial charge in [-0.3, -0.25) is 4.31 Å². The summed E-state index contributed by atoms with van der Waals surface area (Å²) >= 11 is 0. The highest BCUT2D eigenvalue weighted by atomic mass is 32.2. The van der Waals surface area contributed by atoms with Crippen molar-refractivity contribution in [2.75, 3.05) is 11.4 Å². The zero-order valence-electron chi connectivity index (χ0n) is 13.6. The first-order valence-electron chi connectivity index (χ1n) is 7.25. The van der Waals surface area contributed by atoms with E-state index in [1.54, 1.807) is 24.3 Å². The van der Waals surface area contributed by atoms with Crippen molar-refractivity contribution in [3.8, 4) is 5.75 Å². The van der Waals surface area contributed by atoms with Crippen LogP contribution in [0.25, 0.3) is 0 Å². The van der Waals surface area contributed by atoms with E-state index in [9.17, 15) is 18.3 Å². The average Bonchev–Trinajstić information content (AvgIpc) is 2.55. The number of hydrogen-bond donors (Lipinski definition) is 1. The molecule has 1 N–H and O–H groups in total. The van der Waals surface area contributed by atoms with E-state index in [-0.39, 0.29) is 10.6 Å². The zero-order chi connectivity index (χ0) is 17.9. The third-order valence-electron chi connectivity index (χ3n) is 3.61. The molecule has 6 nitrogen and oxygen atoms in total. The van der Waals surface area contributed by atoms with Crippen molar-refractivity contribution < 1.29 is 23.1 Å². The van der Waals surface area contributed by atoms with Crippen molar-refractivity contribution in [1.82, 2.24) is 0 Å². The molecule has 2 rings (SSSR count). The molecule has 24 heavy (non-hydrogen) atoms. The van der Waals surface area contributed by atoms with Crippen LogP contribution in [0.3, 0.4) is 0 Å². The Balaban J connectivity index is 2.56. The monoisotopic (exact) mass is 349 g/mol. The highest BCUT2D eigenvalue weighted by Gasteiger charge is 2.33. The third kappa shape index (κ3) is 3.51. The molecule has 1 unspecified atom stereocenters. The van der Waals surface area contributed by atoms with Gasteiger partial charge in [-0.25, -0.2) is 13.2 Å². The summed E-state index contributed by atoms with van der Waals surface area (Å²) in [5.74, 6) is -0.684. The number of aliphatic carboxylic acids is 1. The van der Waals surface area contributed by atoms with Gasteiger partial charge in [-0.1, -0.05) is 17.7 Å². The van der Waals surface area contributed by atoms with Gasteiger partial charge in [-0.2, -0.15) is 0 Å². The summed E-state index contributed by atoms with van der Waals surface area (Å²) in [6.07, 6.45) is 0. The lowest BCUT2D eigenvalue weighted by Gasteiger charge is -2.28. The molecule has 0 aliphatic heterocycles. The zero-order valence-corrected chi connectivity index (χ0v) is 14.4. The number of methoxy groups -OCH3 is 1. The van der Waals surface area contributed by atoms with Crippen LogP contribution in [-0.2, 0) is 14.8 Å². The summed E-state index contributed by atoms with van der Waals surface area (Å²) in [7, 11) is -2.53. The van der Waals surface area contributed by atoms with Gasteiger partial charge >= 0.3 is 5.97 Å². The number of carbonyl (C=O) groups is 1. The highest BCUT2D eigenvalue weighted by Crippen LogP contribution is 2.28. The molecule has 0 spiro atoms. The molecule has 128 valence electrons. The maximum Gasteiger partial charge on any atom is 0.327 e. The Morgan fingerprint density at radius 3 is 2.08 bits per heavy atom. The maximum atomic E-state index is 13.0. The van der Waals surface area contributed by atoms with Gasteiger partial charge < -0.3 is 9.84 Å². The summed E-state index contributed by atoms with van der Waals surface area (Å²) in [5.41, 5.74) is 1.17. The van der Waals surface area contributed by atoms with Gasteiger partial charge in [0, 0.05) is 0 Å². The van der Waals surface area contributed by atoms with E-state index in [4.69, 9.17) is 4.74 Å². The van der Waals surface area contributed by atoms with Crippen molar-refractivity contribution in [2.45, 2.75) is 24.8 Å². The first-order valence-corrected chi connectivity index (χ1v) is 8.69. The van der Waals surface area contributed by atoms with Crippen LogP contribution in [0.15, 0.2) is 53.4 Å². The van der Waals surface area contributed by atoms with E-state index in [1.165, 1.54) is 38.3 Å². The Morgan fingerprint density at radius 1 is 1.08 bits per heavy atom. The third-order valence-corrected chi connectivity index (χ3v) is 5.53. The molecule has 0 aliphatic rings. The van der Waals surface area contributed by atoms with Crippen molar-refractivity contribution in [2.24, 2.45) is 0 Å². The number of nitrogens with zero attached hydrogens (tertiary/aromatic N) is 1. The molecule has 0 aromatic heterocycles. The Hall–Kier alpha value is -2.54. The first-order chi connectivity index (χ1) is 11.3. The molecule has 0 aliphatic carbocycles. The molecule has 0 saturated carbocycles. The summed E-state index contributed by atoms with van der Waals surface area (Å²) < 4.78 is 31.9. The predicted octanol–water partition coefficient (Wildman–Crippen LogP) is 2.67. The number of aryl methyl sites for hydroxylation is 1. The van der Waals surface area contributed by atoms with E-state index in [1.807, 2.05) is 6.92 Å². The Labute approximate surface area is 141 Å². The summed E-state index contributed by atoms with van der Waals surface area (Å²) in [6.45, 7) is 3.18. The van der Waals surface area contributed by atoms with E-state index in [2.05, 4.69) is 0 Å². The molecular formula is C17H19NO5S. The van der Waals surface area contributed by atoms with Gasteiger partial charge in [0.05, 0.1) is 17.7 Å². The van der Waals surface area contributed by atoms with Crippen LogP contribution >= 0.6 is 0 Å². The van der Waals surface area contributed by atoms with Crippen molar-refractivity contribution in [3.05, 3.63) is 54.1 Å². The topological polar surface area (TPSA) is 83.9 Å². The fraction of sp³-hybridized carbons (Fsp3) is 0.235. The molecule has 2 aromatic carbocycles. The van der Waals surface area contributed by atoms with Crippen LogP contribution in [0.5, 0.6) is 5.75 Å². The van der Waals surface area contributed by atoms with Crippen LogP contribution in [0, 0.1) is 6.92 Å². The van der Waals surface area contributed by atoms with Gasteiger partial charge in [0.2, 0.25) is 0 Å². The number of anilines is 1. The molecule has 0 fully saturated rings. The smallest absolute Gasteiger partial charge is 0.327 e. The number of carboxylic acids is 1. The average molecular weight is 349 g/mol. The minimum absolute atomic E-state index is 0.0389. The van der Waals surface area contributed by atoms with Gasteiger partial charge in [0.15, 0.2) is 0 Å². The second-order valence-electron chi connectivity index (χ2n) is 5.33. The minimum Gasteiger partial charge on any atom is -0.497 e. The molecule has 0 bridgehead atoms. The normalized spacial score (nSPS) is 12.5.